The number of nitrogens with zero attached hydrogens (tertiary/aromatic N) is 1. The van der Waals surface area contributed by atoms with Gasteiger partial charge in [0.1, 0.15) is 5.92 Å². The Labute approximate surface area is 119 Å². The van der Waals surface area contributed by atoms with E-state index in [1.807, 2.05) is 43.3 Å². The van der Waals surface area contributed by atoms with Crippen molar-refractivity contribution < 1.29 is 14.3 Å². The summed E-state index contributed by atoms with van der Waals surface area (Å²) in [6, 6.07) is 7.96. The molecule has 4 heteroatoms. The van der Waals surface area contributed by atoms with Gasteiger partial charge in [-0.2, -0.15) is 0 Å². The summed E-state index contributed by atoms with van der Waals surface area (Å²) in [5, 5.41) is 0. The van der Waals surface area contributed by atoms with Crippen LogP contribution in [-0.2, 0) is 14.3 Å². The topological polar surface area (TPSA) is 46.6 Å². The molecule has 20 heavy (non-hydrogen) atoms. The van der Waals surface area contributed by atoms with Crippen LogP contribution in [0.1, 0.15) is 31.2 Å². The average molecular weight is 275 g/mol. The molecule has 1 aromatic rings. The monoisotopic (exact) mass is 275 g/mol. The second-order valence-electron chi connectivity index (χ2n) is 5.32. The predicted octanol–water partition coefficient (Wildman–Crippen LogP) is 2.38. The second kappa shape index (κ2) is 6.07. The number of carbonyl (C=O) groups excluding carboxylic acids is 2. The second-order valence-corrected chi connectivity index (χ2v) is 5.32. The van der Waals surface area contributed by atoms with Gasteiger partial charge in [0.05, 0.1) is 6.61 Å². The highest BCUT2D eigenvalue weighted by molar-refractivity contribution is 6.04. The molecule has 4 nitrogen and oxygen atoms in total. The molecule has 0 radical (unpaired) electrons. The summed E-state index contributed by atoms with van der Waals surface area (Å²) in [5.41, 5.74) is 2.09. The number of carbonyl (C=O) groups is 2. The molecule has 108 valence electrons. The zero-order chi connectivity index (χ0) is 14.7. The Bertz CT molecular complexity index is 493. The summed E-state index contributed by atoms with van der Waals surface area (Å²) >= 11 is 0. The molecule has 0 amide bonds. The standard InChI is InChI=1S/C16H21NO3/c1-4-20-16(19)14-10-9-13(15(14)18)11-5-7-12(8-6-11)17(2)3/h5-8,13-14H,4,9-10H2,1-3H3. The van der Waals surface area contributed by atoms with E-state index in [0.717, 1.165) is 17.7 Å². The Morgan fingerprint density at radius 3 is 2.45 bits per heavy atom. The lowest BCUT2D eigenvalue weighted by Crippen LogP contribution is -2.23. The van der Waals surface area contributed by atoms with Crippen LogP contribution in [-0.4, -0.2) is 32.5 Å². The van der Waals surface area contributed by atoms with Crippen LogP contribution in [0.15, 0.2) is 24.3 Å². The lowest BCUT2D eigenvalue weighted by molar-refractivity contribution is -0.150. The van der Waals surface area contributed by atoms with Gasteiger partial charge in [0.25, 0.3) is 0 Å². The Morgan fingerprint density at radius 2 is 1.90 bits per heavy atom. The Balaban J connectivity index is 2.11. The lowest BCUT2D eigenvalue weighted by Gasteiger charge is -2.15. The number of esters is 1. The van der Waals surface area contributed by atoms with Crippen molar-refractivity contribution in [1.82, 2.24) is 0 Å². The maximum Gasteiger partial charge on any atom is 0.316 e. The van der Waals surface area contributed by atoms with Gasteiger partial charge in [0, 0.05) is 25.7 Å². The fourth-order valence-corrected chi connectivity index (χ4v) is 2.67. The maximum atomic E-state index is 12.3. The van der Waals surface area contributed by atoms with E-state index in [2.05, 4.69) is 0 Å². The Kier molecular flexibility index (Phi) is 4.42. The first-order valence-electron chi connectivity index (χ1n) is 7.02. The first-order chi connectivity index (χ1) is 9.54. The van der Waals surface area contributed by atoms with Crippen LogP contribution in [0.3, 0.4) is 0 Å². The quantitative estimate of drug-likeness (QED) is 0.625. The fraction of sp³-hybridized carbons (Fsp3) is 0.500. The molecule has 1 fully saturated rings. The van der Waals surface area contributed by atoms with Gasteiger partial charge in [-0.3, -0.25) is 9.59 Å². The van der Waals surface area contributed by atoms with Crippen molar-refractivity contribution in [3.8, 4) is 0 Å². The van der Waals surface area contributed by atoms with Crippen molar-refractivity contribution in [2.45, 2.75) is 25.7 Å². The molecule has 2 rings (SSSR count). The first kappa shape index (κ1) is 14.6. The van der Waals surface area contributed by atoms with E-state index in [4.69, 9.17) is 4.74 Å². The van der Waals surface area contributed by atoms with Crippen LogP contribution in [0, 0.1) is 5.92 Å². The van der Waals surface area contributed by atoms with Crippen molar-refractivity contribution in [3.05, 3.63) is 29.8 Å². The van der Waals surface area contributed by atoms with Crippen molar-refractivity contribution in [2.24, 2.45) is 5.92 Å². The molecular weight excluding hydrogens is 254 g/mol. The summed E-state index contributed by atoms with van der Waals surface area (Å²) < 4.78 is 4.96. The van der Waals surface area contributed by atoms with Gasteiger partial charge in [0.2, 0.25) is 0 Å². The van der Waals surface area contributed by atoms with Crippen molar-refractivity contribution in [1.29, 1.82) is 0 Å². The minimum Gasteiger partial charge on any atom is -0.465 e. The highest BCUT2D eigenvalue weighted by Gasteiger charge is 2.40. The summed E-state index contributed by atoms with van der Waals surface area (Å²) in [6.07, 6.45) is 1.32. The highest BCUT2D eigenvalue weighted by atomic mass is 16.5. The summed E-state index contributed by atoms with van der Waals surface area (Å²) in [4.78, 5) is 26.1. The zero-order valence-electron chi connectivity index (χ0n) is 12.3. The van der Waals surface area contributed by atoms with E-state index < -0.39 is 5.92 Å². The number of Topliss-reactive ketones (excluding diaryl/α,β-unsaturated/α-hetero) is 1. The summed E-state index contributed by atoms with van der Waals surface area (Å²) in [7, 11) is 3.96. The third kappa shape index (κ3) is 2.84. The van der Waals surface area contributed by atoms with Gasteiger partial charge < -0.3 is 9.64 Å². The molecule has 0 aliphatic heterocycles. The molecule has 0 aromatic heterocycles. The van der Waals surface area contributed by atoms with Gasteiger partial charge in [-0.1, -0.05) is 12.1 Å². The number of hydrogen-bond donors (Lipinski definition) is 0. The lowest BCUT2D eigenvalue weighted by atomic mass is 9.95. The van der Waals surface area contributed by atoms with Gasteiger partial charge in [-0.05, 0) is 37.5 Å². The molecule has 0 heterocycles. The third-order valence-electron chi connectivity index (χ3n) is 3.81. The average Bonchev–Trinajstić information content (AvgIpc) is 2.81. The number of rotatable bonds is 4. The first-order valence-corrected chi connectivity index (χ1v) is 7.02. The fourth-order valence-electron chi connectivity index (χ4n) is 2.67. The Hall–Kier alpha value is -1.84. The molecule has 0 N–H and O–H groups in total. The molecule has 2 unspecified atom stereocenters. The molecule has 1 aliphatic carbocycles. The third-order valence-corrected chi connectivity index (χ3v) is 3.81. The smallest absolute Gasteiger partial charge is 0.316 e. The van der Waals surface area contributed by atoms with Crippen LogP contribution in [0.4, 0.5) is 5.69 Å². The number of ketones is 1. The van der Waals surface area contributed by atoms with Gasteiger partial charge >= 0.3 is 5.97 Å². The Morgan fingerprint density at radius 1 is 1.25 bits per heavy atom. The minimum absolute atomic E-state index is 0.000975. The van der Waals surface area contributed by atoms with Crippen LogP contribution in [0.25, 0.3) is 0 Å². The summed E-state index contributed by atoms with van der Waals surface area (Å²) in [6.45, 7) is 2.08. The minimum atomic E-state index is -0.575. The van der Waals surface area contributed by atoms with E-state index in [-0.39, 0.29) is 17.7 Å². The van der Waals surface area contributed by atoms with Crippen molar-refractivity contribution in [3.63, 3.8) is 0 Å². The van der Waals surface area contributed by atoms with Gasteiger partial charge in [-0.25, -0.2) is 0 Å². The number of benzene rings is 1. The molecule has 1 aromatic carbocycles. The molecule has 1 aliphatic rings. The number of ether oxygens (including phenoxy) is 1. The van der Waals surface area contributed by atoms with E-state index in [1.54, 1.807) is 6.92 Å². The predicted molar refractivity (Wildman–Crippen MR) is 77.9 cm³/mol. The van der Waals surface area contributed by atoms with Gasteiger partial charge in [0.15, 0.2) is 5.78 Å². The van der Waals surface area contributed by atoms with E-state index in [0.29, 0.717) is 13.0 Å². The van der Waals surface area contributed by atoms with E-state index in [9.17, 15) is 9.59 Å². The van der Waals surface area contributed by atoms with Crippen LogP contribution in [0.2, 0.25) is 0 Å². The highest BCUT2D eigenvalue weighted by Crippen LogP contribution is 2.36. The normalized spacial score (nSPS) is 21.9. The SMILES string of the molecule is CCOC(=O)C1CCC(c2ccc(N(C)C)cc2)C1=O. The van der Waals surface area contributed by atoms with Gasteiger partial charge in [-0.15, -0.1) is 0 Å². The van der Waals surface area contributed by atoms with Crippen molar-refractivity contribution >= 4 is 17.4 Å². The molecular formula is C16H21NO3. The van der Waals surface area contributed by atoms with E-state index in [1.165, 1.54) is 0 Å². The molecule has 2 atom stereocenters. The van der Waals surface area contributed by atoms with E-state index >= 15 is 0 Å². The number of hydrogen-bond acceptors (Lipinski definition) is 4. The van der Waals surface area contributed by atoms with Crippen LogP contribution >= 0.6 is 0 Å². The van der Waals surface area contributed by atoms with Crippen LogP contribution in [0.5, 0.6) is 0 Å². The largest absolute Gasteiger partial charge is 0.465 e. The maximum absolute atomic E-state index is 12.3. The summed E-state index contributed by atoms with van der Waals surface area (Å²) in [5.74, 6) is -1.11. The molecule has 0 bridgehead atoms. The zero-order valence-corrected chi connectivity index (χ0v) is 12.3. The number of anilines is 1. The van der Waals surface area contributed by atoms with Crippen LogP contribution < -0.4 is 4.90 Å². The molecule has 0 saturated heterocycles. The van der Waals surface area contributed by atoms with Crippen molar-refractivity contribution in [2.75, 3.05) is 25.6 Å². The molecule has 0 spiro atoms. The molecule has 1 saturated carbocycles.